The maximum Gasteiger partial charge on any atom is 0.243 e. The van der Waals surface area contributed by atoms with Gasteiger partial charge >= 0.3 is 0 Å². The molecular formula is C21H22N4O3S. The average Bonchev–Trinajstić information content (AvgIpc) is 3.08. The third-order valence-electron chi connectivity index (χ3n) is 4.56. The van der Waals surface area contributed by atoms with Crippen LogP contribution in [0.5, 0.6) is 0 Å². The summed E-state index contributed by atoms with van der Waals surface area (Å²) in [7, 11) is 0. The number of hydrogen-bond acceptors (Lipinski definition) is 4. The van der Waals surface area contributed by atoms with E-state index in [1.165, 1.54) is 0 Å². The van der Waals surface area contributed by atoms with Crippen LogP contribution in [0, 0.1) is 5.92 Å². The third kappa shape index (κ3) is 6.11. The van der Waals surface area contributed by atoms with Crippen LogP contribution in [-0.4, -0.2) is 34.3 Å². The third-order valence-corrected chi connectivity index (χ3v) is 4.77. The first-order valence-corrected chi connectivity index (χ1v) is 9.67. The van der Waals surface area contributed by atoms with Crippen molar-refractivity contribution < 1.29 is 14.4 Å². The molecule has 0 bridgehead atoms. The van der Waals surface area contributed by atoms with E-state index in [2.05, 4.69) is 16.2 Å². The van der Waals surface area contributed by atoms with Crippen molar-refractivity contribution in [2.75, 3.05) is 6.54 Å². The lowest BCUT2D eigenvalue weighted by Gasteiger charge is -2.17. The highest BCUT2D eigenvalue weighted by atomic mass is 32.1. The fourth-order valence-electron chi connectivity index (χ4n) is 3.11. The summed E-state index contributed by atoms with van der Waals surface area (Å²) in [4.78, 5) is 38.2. The van der Waals surface area contributed by atoms with Crippen molar-refractivity contribution in [2.24, 2.45) is 5.92 Å². The van der Waals surface area contributed by atoms with Crippen LogP contribution >= 0.6 is 12.2 Å². The zero-order valence-electron chi connectivity index (χ0n) is 15.8. The average molecular weight is 410 g/mol. The molecule has 0 saturated carbocycles. The number of hydrazine groups is 1. The van der Waals surface area contributed by atoms with Crippen molar-refractivity contribution in [3.63, 3.8) is 0 Å². The lowest BCUT2D eigenvalue weighted by atomic mass is 10.1. The van der Waals surface area contributed by atoms with Gasteiger partial charge in [0.15, 0.2) is 5.11 Å². The number of carbonyl (C=O) groups is 3. The van der Waals surface area contributed by atoms with Crippen LogP contribution in [-0.2, 0) is 27.3 Å². The molecule has 1 heterocycles. The summed E-state index contributed by atoms with van der Waals surface area (Å²) in [6, 6.07) is 18.9. The van der Waals surface area contributed by atoms with Crippen LogP contribution < -0.4 is 16.2 Å². The van der Waals surface area contributed by atoms with Gasteiger partial charge in [-0.05, 0) is 23.3 Å². The van der Waals surface area contributed by atoms with Gasteiger partial charge in [0.2, 0.25) is 17.7 Å². The molecule has 150 valence electrons. The predicted octanol–water partition coefficient (Wildman–Crippen LogP) is 1.30. The van der Waals surface area contributed by atoms with Gasteiger partial charge in [-0.15, -0.1) is 0 Å². The second-order valence-electron chi connectivity index (χ2n) is 6.81. The van der Waals surface area contributed by atoms with Crippen LogP contribution in [0.1, 0.15) is 17.5 Å². The van der Waals surface area contributed by atoms with Crippen LogP contribution in [0.15, 0.2) is 60.7 Å². The van der Waals surface area contributed by atoms with Gasteiger partial charge in [-0.2, -0.15) is 0 Å². The van der Waals surface area contributed by atoms with E-state index in [1.807, 2.05) is 60.7 Å². The van der Waals surface area contributed by atoms with Gasteiger partial charge in [0.05, 0.1) is 12.3 Å². The Morgan fingerprint density at radius 3 is 2.24 bits per heavy atom. The topological polar surface area (TPSA) is 90.5 Å². The molecule has 0 radical (unpaired) electrons. The minimum Gasteiger partial charge on any atom is -0.338 e. The SMILES string of the molecule is O=C(Cc1ccccc1)NC(=S)NNC(=O)C1CC(=O)N(Cc2ccccc2)C1. The van der Waals surface area contributed by atoms with Gasteiger partial charge in [0.25, 0.3) is 0 Å². The summed E-state index contributed by atoms with van der Waals surface area (Å²) < 4.78 is 0. The molecule has 1 unspecified atom stereocenters. The number of thiocarbonyl (C=S) groups is 1. The van der Waals surface area contributed by atoms with Crippen molar-refractivity contribution in [3.8, 4) is 0 Å². The van der Waals surface area contributed by atoms with Gasteiger partial charge in [-0.3, -0.25) is 25.2 Å². The van der Waals surface area contributed by atoms with E-state index >= 15 is 0 Å². The second kappa shape index (κ2) is 9.79. The molecule has 1 aliphatic heterocycles. The van der Waals surface area contributed by atoms with Crippen molar-refractivity contribution in [3.05, 3.63) is 71.8 Å². The minimum absolute atomic E-state index is 0.00439. The number of nitrogens with one attached hydrogen (secondary N) is 3. The Bertz CT molecular complexity index is 889. The number of likely N-dealkylation sites (tertiary alicyclic amines) is 1. The molecule has 0 aromatic heterocycles. The van der Waals surface area contributed by atoms with E-state index in [0.717, 1.165) is 11.1 Å². The first-order chi connectivity index (χ1) is 14.0. The molecule has 1 atom stereocenters. The van der Waals surface area contributed by atoms with E-state index < -0.39 is 5.92 Å². The van der Waals surface area contributed by atoms with E-state index in [-0.39, 0.29) is 35.7 Å². The number of rotatable bonds is 5. The number of hydrogen-bond donors (Lipinski definition) is 3. The molecule has 0 aliphatic carbocycles. The number of carbonyl (C=O) groups excluding carboxylic acids is 3. The molecule has 1 aliphatic rings. The smallest absolute Gasteiger partial charge is 0.243 e. The number of nitrogens with zero attached hydrogens (tertiary/aromatic N) is 1. The molecule has 2 aromatic carbocycles. The van der Waals surface area contributed by atoms with E-state index in [0.29, 0.717) is 13.1 Å². The summed E-state index contributed by atoms with van der Waals surface area (Å²) >= 11 is 5.04. The molecule has 7 nitrogen and oxygen atoms in total. The van der Waals surface area contributed by atoms with Crippen molar-refractivity contribution in [1.82, 2.24) is 21.1 Å². The van der Waals surface area contributed by atoms with Crippen LogP contribution in [0.3, 0.4) is 0 Å². The molecular weight excluding hydrogens is 388 g/mol. The summed E-state index contributed by atoms with van der Waals surface area (Å²) in [5.74, 6) is -1.16. The molecule has 2 aromatic rings. The molecule has 29 heavy (non-hydrogen) atoms. The highest BCUT2D eigenvalue weighted by molar-refractivity contribution is 7.80. The first-order valence-electron chi connectivity index (χ1n) is 9.26. The number of amides is 3. The molecule has 1 saturated heterocycles. The van der Waals surface area contributed by atoms with Gasteiger partial charge < -0.3 is 10.2 Å². The summed E-state index contributed by atoms with van der Waals surface area (Å²) in [5, 5.41) is 2.52. The largest absolute Gasteiger partial charge is 0.338 e. The summed E-state index contributed by atoms with van der Waals surface area (Å²) in [6.45, 7) is 0.819. The standard InChI is InChI=1S/C21H22N4O3S/c26-18(11-15-7-3-1-4-8-15)22-21(29)24-23-20(28)17-12-19(27)25(14-17)13-16-9-5-2-6-10-16/h1-10,17H,11-14H2,(H,23,28)(H2,22,24,26,29). The fourth-order valence-corrected chi connectivity index (χ4v) is 3.27. The van der Waals surface area contributed by atoms with E-state index in [9.17, 15) is 14.4 Å². The molecule has 0 spiro atoms. The number of benzene rings is 2. The Morgan fingerprint density at radius 2 is 1.59 bits per heavy atom. The van der Waals surface area contributed by atoms with Gasteiger partial charge in [0, 0.05) is 19.5 Å². The highest BCUT2D eigenvalue weighted by Gasteiger charge is 2.34. The van der Waals surface area contributed by atoms with Crippen molar-refractivity contribution >= 4 is 35.1 Å². The summed E-state index contributed by atoms with van der Waals surface area (Å²) in [5.41, 5.74) is 6.88. The van der Waals surface area contributed by atoms with Gasteiger partial charge in [-0.1, -0.05) is 60.7 Å². The predicted molar refractivity (Wildman–Crippen MR) is 112 cm³/mol. The maximum absolute atomic E-state index is 12.3. The molecule has 3 amide bonds. The van der Waals surface area contributed by atoms with Crippen LogP contribution in [0.2, 0.25) is 0 Å². The van der Waals surface area contributed by atoms with Crippen LogP contribution in [0.4, 0.5) is 0 Å². The lowest BCUT2D eigenvalue weighted by molar-refractivity contribution is -0.129. The first kappa shape index (κ1) is 20.5. The zero-order chi connectivity index (χ0) is 20.6. The minimum atomic E-state index is -0.471. The molecule has 8 heteroatoms. The summed E-state index contributed by atoms with van der Waals surface area (Å²) in [6.07, 6.45) is 0.329. The normalized spacial score (nSPS) is 15.7. The quantitative estimate of drug-likeness (QED) is 0.511. The molecule has 3 N–H and O–H groups in total. The Hall–Kier alpha value is -3.26. The Labute approximate surface area is 174 Å². The van der Waals surface area contributed by atoms with E-state index in [1.54, 1.807) is 4.90 Å². The highest BCUT2D eigenvalue weighted by Crippen LogP contribution is 2.20. The van der Waals surface area contributed by atoms with Gasteiger partial charge in [0.1, 0.15) is 0 Å². The Morgan fingerprint density at radius 1 is 0.966 bits per heavy atom. The van der Waals surface area contributed by atoms with Crippen LogP contribution in [0.25, 0.3) is 0 Å². The molecule has 1 fully saturated rings. The van der Waals surface area contributed by atoms with E-state index in [4.69, 9.17) is 12.2 Å². The maximum atomic E-state index is 12.3. The Balaban J connectivity index is 1.41. The zero-order valence-corrected chi connectivity index (χ0v) is 16.6. The monoisotopic (exact) mass is 410 g/mol. The molecule has 3 rings (SSSR count). The second-order valence-corrected chi connectivity index (χ2v) is 7.22. The van der Waals surface area contributed by atoms with Gasteiger partial charge in [-0.25, -0.2) is 0 Å². The van der Waals surface area contributed by atoms with Crippen molar-refractivity contribution in [1.29, 1.82) is 0 Å². The fraction of sp³-hybridized carbons (Fsp3) is 0.238. The van der Waals surface area contributed by atoms with Crippen molar-refractivity contribution in [2.45, 2.75) is 19.4 Å². The Kier molecular flexibility index (Phi) is 6.91. The lowest BCUT2D eigenvalue weighted by Crippen LogP contribution is -2.50.